The van der Waals surface area contributed by atoms with Crippen LogP contribution in [-0.2, 0) is 9.59 Å². The first-order chi connectivity index (χ1) is 5.41. The molecule has 0 heterocycles. The maximum atomic E-state index is 9.51. The van der Waals surface area contributed by atoms with E-state index < -0.39 is 18.0 Å². The van der Waals surface area contributed by atoms with Crippen molar-refractivity contribution in [2.75, 3.05) is 0 Å². The van der Waals surface area contributed by atoms with Crippen LogP contribution in [0.5, 0.6) is 0 Å². The third-order valence-electron chi connectivity index (χ3n) is 0.667. The molecule has 3 N–H and O–H groups in total. The van der Waals surface area contributed by atoms with Gasteiger partial charge in [0.2, 0.25) is 0 Å². The number of carboxylic acid groups (broad SMARTS) is 2. The second-order valence-electron chi connectivity index (χ2n) is 1.85. The van der Waals surface area contributed by atoms with Gasteiger partial charge >= 0.3 is 11.9 Å². The number of hydrogen-bond donors (Lipinski definition) is 3. The molecular formula is C7H12O5. The zero-order valence-electron chi connectivity index (χ0n) is 6.89. The predicted molar refractivity (Wildman–Crippen MR) is 41.8 cm³/mol. The van der Waals surface area contributed by atoms with Crippen molar-refractivity contribution in [2.45, 2.75) is 20.0 Å². The van der Waals surface area contributed by atoms with Crippen molar-refractivity contribution in [2.24, 2.45) is 0 Å². The molecule has 5 heteroatoms. The minimum Gasteiger partial charge on any atom is -0.479 e. The number of aliphatic carboxylic acids is 2. The molecule has 0 fully saturated rings. The van der Waals surface area contributed by atoms with Crippen molar-refractivity contribution in [3.8, 4) is 0 Å². The Balaban J connectivity index is 0. The molecule has 0 saturated heterocycles. The Morgan fingerprint density at radius 1 is 1.33 bits per heavy atom. The third-order valence-corrected chi connectivity index (χ3v) is 0.667. The van der Waals surface area contributed by atoms with E-state index in [1.807, 2.05) is 0 Å². The highest BCUT2D eigenvalue weighted by Gasteiger charge is 2.01. The van der Waals surface area contributed by atoms with E-state index in [4.69, 9.17) is 15.3 Å². The number of allylic oxidation sites excluding steroid dienone is 1. The zero-order valence-corrected chi connectivity index (χ0v) is 6.89. The minimum absolute atomic E-state index is 0.891. The van der Waals surface area contributed by atoms with Crippen LogP contribution in [0.25, 0.3) is 0 Å². The van der Waals surface area contributed by atoms with E-state index in [1.54, 1.807) is 6.92 Å². The lowest BCUT2D eigenvalue weighted by atomic mass is 10.4. The van der Waals surface area contributed by atoms with Gasteiger partial charge in [0, 0.05) is 6.08 Å². The number of aliphatic hydroxyl groups excluding tert-OH is 1. The van der Waals surface area contributed by atoms with Crippen molar-refractivity contribution in [1.82, 2.24) is 0 Å². The topological polar surface area (TPSA) is 94.8 Å². The average Bonchev–Trinajstić information content (AvgIpc) is 1.87. The predicted octanol–water partition coefficient (Wildman–Crippen LogP) is 0.0989. The van der Waals surface area contributed by atoms with Crippen LogP contribution >= 0.6 is 0 Å². The van der Waals surface area contributed by atoms with Crippen LogP contribution in [0.1, 0.15) is 13.8 Å². The number of carboxylic acids is 2. The first-order valence-electron chi connectivity index (χ1n) is 3.18. The quantitative estimate of drug-likeness (QED) is 0.518. The first-order valence-corrected chi connectivity index (χ1v) is 3.18. The highest BCUT2D eigenvalue weighted by Crippen LogP contribution is 1.73. The largest absolute Gasteiger partial charge is 0.479 e. The number of carbonyl (C=O) groups is 2. The molecule has 0 aliphatic carbocycles. The van der Waals surface area contributed by atoms with Crippen molar-refractivity contribution < 1.29 is 24.9 Å². The first kappa shape index (κ1) is 13.2. The molecular weight excluding hydrogens is 164 g/mol. The minimum atomic E-state index is -1.23. The number of rotatable bonds is 2. The third kappa shape index (κ3) is 15.9. The number of hydrogen-bond acceptors (Lipinski definition) is 3. The molecule has 0 amide bonds. The molecule has 0 aliphatic heterocycles. The van der Waals surface area contributed by atoms with Crippen LogP contribution in [0.2, 0.25) is 0 Å². The van der Waals surface area contributed by atoms with E-state index in [2.05, 4.69) is 0 Å². The summed E-state index contributed by atoms with van der Waals surface area (Å²) < 4.78 is 0. The molecule has 0 bridgehead atoms. The van der Waals surface area contributed by atoms with Gasteiger partial charge in [0.15, 0.2) is 0 Å². The molecule has 0 aliphatic rings. The molecule has 0 radical (unpaired) electrons. The highest BCUT2D eigenvalue weighted by atomic mass is 16.4. The van der Waals surface area contributed by atoms with Gasteiger partial charge in [-0.3, -0.25) is 0 Å². The molecule has 0 aromatic heterocycles. The van der Waals surface area contributed by atoms with Crippen LogP contribution in [0.3, 0.4) is 0 Å². The fraction of sp³-hybridized carbons (Fsp3) is 0.429. The van der Waals surface area contributed by atoms with Gasteiger partial charge in [-0.25, -0.2) is 9.59 Å². The van der Waals surface area contributed by atoms with E-state index in [-0.39, 0.29) is 0 Å². The fourth-order valence-corrected chi connectivity index (χ4v) is 0.143. The lowest BCUT2D eigenvalue weighted by molar-refractivity contribution is -0.145. The second kappa shape index (κ2) is 7.74. The van der Waals surface area contributed by atoms with E-state index in [0.717, 1.165) is 6.08 Å². The van der Waals surface area contributed by atoms with Crippen LogP contribution < -0.4 is 0 Å². The molecule has 5 nitrogen and oxygen atoms in total. The average molecular weight is 176 g/mol. The van der Waals surface area contributed by atoms with Gasteiger partial charge in [0.1, 0.15) is 6.10 Å². The Kier molecular flexibility index (Phi) is 8.55. The Hall–Kier alpha value is -1.36. The maximum absolute atomic E-state index is 9.51. The summed E-state index contributed by atoms with van der Waals surface area (Å²) in [5, 5.41) is 23.6. The van der Waals surface area contributed by atoms with E-state index >= 15 is 0 Å². The Morgan fingerprint density at radius 3 is 1.67 bits per heavy atom. The van der Waals surface area contributed by atoms with Crippen LogP contribution in [0.15, 0.2) is 12.2 Å². The highest BCUT2D eigenvalue weighted by molar-refractivity contribution is 5.79. The van der Waals surface area contributed by atoms with Gasteiger partial charge in [-0.15, -0.1) is 0 Å². The molecule has 12 heavy (non-hydrogen) atoms. The van der Waals surface area contributed by atoms with Gasteiger partial charge < -0.3 is 15.3 Å². The Morgan fingerprint density at radius 2 is 1.67 bits per heavy atom. The summed E-state index contributed by atoms with van der Waals surface area (Å²) in [4.78, 5) is 19.0. The SMILES string of the molecule is C/C=C/C(=O)O.CC(O)C(=O)O. The monoisotopic (exact) mass is 176 g/mol. The lowest BCUT2D eigenvalue weighted by Crippen LogP contribution is -2.13. The van der Waals surface area contributed by atoms with Gasteiger partial charge in [0.25, 0.3) is 0 Å². The van der Waals surface area contributed by atoms with Crippen molar-refractivity contribution >= 4 is 11.9 Å². The molecule has 0 saturated carbocycles. The maximum Gasteiger partial charge on any atom is 0.332 e. The Bertz CT molecular complexity index is 171. The van der Waals surface area contributed by atoms with Gasteiger partial charge in [0.05, 0.1) is 0 Å². The normalized spacial score (nSPS) is 11.6. The molecule has 1 unspecified atom stereocenters. The van der Waals surface area contributed by atoms with E-state index in [9.17, 15) is 9.59 Å². The van der Waals surface area contributed by atoms with E-state index in [0.29, 0.717) is 0 Å². The smallest absolute Gasteiger partial charge is 0.332 e. The van der Waals surface area contributed by atoms with Crippen molar-refractivity contribution in [3.05, 3.63) is 12.2 Å². The zero-order chi connectivity index (χ0) is 10.1. The molecule has 0 rings (SSSR count). The second-order valence-corrected chi connectivity index (χ2v) is 1.85. The van der Waals surface area contributed by atoms with Crippen molar-refractivity contribution in [1.29, 1.82) is 0 Å². The summed E-state index contributed by atoms with van der Waals surface area (Å²) >= 11 is 0. The van der Waals surface area contributed by atoms with E-state index in [1.165, 1.54) is 13.0 Å². The molecule has 1 atom stereocenters. The summed E-state index contributed by atoms with van der Waals surface area (Å²) in [7, 11) is 0. The van der Waals surface area contributed by atoms with Crippen LogP contribution in [-0.4, -0.2) is 33.4 Å². The molecule has 70 valence electrons. The Labute approximate surface area is 70.0 Å². The molecule has 0 aromatic rings. The molecule has 0 spiro atoms. The standard InChI is InChI=1S/C4H6O2.C3H6O3/c1-2-3-4(5)6;1-2(4)3(5)6/h2-3H,1H3,(H,5,6);2,4H,1H3,(H,5,6)/b3-2+;. The van der Waals surface area contributed by atoms with Gasteiger partial charge in [-0.1, -0.05) is 6.08 Å². The van der Waals surface area contributed by atoms with Crippen LogP contribution in [0, 0.1) is 0 Å². The van der Waals surface area contributed by atoms with Crippen molar-refractivity contribution in [3.63, 3.8) is 0 Å². The summed E-state index contributed by atoms with van der Waals surface area (Å²) in [6.07, 6.45) is 1.33. The summed E-state index contributed by atoms with van der Waals surface area (Å²) in [5.41, 5.74) is 0. The summed E-state index contributed by atoms with van der Waals surface area (Å²) in [5.74, 6) is -2.08. The lowest BCUT2D eigenvalue weighted by Gasteiger charge is -1.89. The molecule has 0 aromatic carbocycles. The summed E-state index contributed by atoms with van der Waals surface area (Å²) in [6.45, 7) is 2.86. The van der Waals surface area contributed by atoms with Crippen LogP contribution in [0.4, 0.5) is 0 Å². The summed E-state index contributed by atoms with van der Waals surface area (Å²) in [6, 6.07) is 0. The van der Waals surface area contributed by atoms with Gasteiger partial charge in [-0.05, 0) is 13.8 Å². The van der Waals surface area contributed by atoms with Gasteiger partial charge in [-0.2, -0.15) is 0 Å². The number of aliphatic hydroxyl groups is 1. The fourth-order valence-electron chi connectivity index (χ4n) is 0.143.